The molecule has 1 saturated carbocycles. The van der Waals surface area contributed by atoms with Crippen molar-refractivity contribution in [2.75, 3.05) is 5.32 Å². The van der Waals surface area contributed by atoms with Crippen LogP contribution < -0.4 is 10.1 Å². The molecule has 1 aliphatic heterocycles. The molecule has 164 valence electrons. The Hall–Kier alpha value is -3.69. The van der Waals surface area contributed by atoms with Gasteiger partial charge in [0.1, 0.15) is 29.2 Å². The minimum atomic E-state index is -4.87. The predicted octanol–water partition coefficient (Wildman–Crippen LogP) is 5.11. The maximum atomic E-state index is 13.4. The van der Waals surface area contributed by atoms with Crippen molar-refractivity contribution in [3.05, 3.63) is 77.8 Å². The van der Waals surface area contributed by atoms with Crippen LogP contribution in [0.15, 0.2) is 71.4 Å². The van der Waals surface area contributed by atoms with E-state index in [1.807, 2.05) is 12.2 Å². The first-order chi connectivity index (χ1) is 15.3. The molecule has 3 aliphatic rings. The van der Waals surface area contributed by atoms with E-state index in [2.05, 4.69) is 15.3 Å². The molecule has 1 N–H and O–H groups in total. The smallest absolute Gasteiger partial charge is 0.419 e. The molecule has 1 unspecified atom stereocenters. The molecule has 6 nitrogen and oxygen atoms in total. The summed E-state index contributed by atoms with van der Waals surface area (Å²) in [6.45, 7) is 0. The fraction of sp³-hybridized carbons (Fsp3) is 0.227. The van der Waals surface area contributed by atoms with E-state index < -0.39 is 23.6 Å². The minimum Gasteiger partial charge on any atom is -0.488 e. The zero-order valence-electron chi connectivity index (χ0n) is 16.3. The minimum absolute atomic E-state index is 0.0314. The van der Waals surface area contributed by atoms with Gasteiger partial charge in [0.05, 0.1) is 17.2 Å². The average Bonchev–Trinajstić information content (AvgIpc) is 3.26. The molecule has 10 heteroatoms. The molecule has 0 radical (unpaired) electrons. The Balaban J connectivity index is 1.24. The van der Waals surface area contributed by atoms with Crippen molar-refractivity contribution >= 4 is 17.4 Å². The monoisotopic (exact) mass is 445 g/mol. The average molecular weight is 445 g/mol. The highest BCUT2D eigenvalue weighted by atomic mass is 19.4. The van der Waals surface area contributed by atoms with Crippen LogP contribution in [0.25, 0.3) is 0 Å². The largest absolute Gasteiger partial charge is 0.488 e. The van der Waals surface area contributed by atoms with Gasteiger partial charge in [-0.05, 0) is 42.5 Å². The summed E-state index contributed by atoms with van der Waals surface area (Å²) in [6, 6.07) is 4.86. The van der Waals surface area contributed by atoms with Crippen LogP contribution in [0.2, 0.25) is 0 Å². The third-order valence-electron chi connectivity index (χ3n) is 5.42. The molecule has 3 atom stereocenters. The molecule has 1 saturated heterocycles. The summed E-state index contributed by atoms with van der Waals surface area (Å²) in [6.07, 6.45) is 2.24. The standard InChI is InChI=1S/C22H15F4N3O3/c23-16-3-1-11(9-15(16)22(24,25)26)28-21(30)29-19-18-14-10-13(2-4-17(14)32-20(18)19)31-12-5-7-27-8-6-12/h1-9,14,18,20H,10H2,(H,28,30)/t14?,18-,20-/m0/s1. The van der Waals surface area contributed by atoms with E-state index in [9.17, 15) is 22.4 Å². The van der Waals surface area contributed by atoms with Crippen molar-refractivity contribution in [2.45, 2.75) is 18.7 Å². The molecule has 32 heavy (non-hydrogen) atoms. The summed E-state index contributed by atoms with van der Waals surface area (Å²) in [5.41, 5.74) is -1.14. The molecule has 2 aromatic rings. The second-order valence-corrected chi connectivity index (χ2v) is 7.52. The van der Waals surface area contributed by atoms with Gasteiger partial charge in [-0.15, -0.1) is 0 Å². The Bertz CT molecular complexity index is 1170. The first-order valence-corrected chi connectivity index (χ1v) is 9.71. The molecule has 2 fully saturated rings. The second-order valence-electron chi connectivity index (χ2n) is 7.52. The van der Waals surface area contributed by atoms with Gasteiger partial charge in [-0.1, -0.05) is 0 Å². The van der Waals surface area contributed by atoms with Crippen molar-refractivity contribution < 1.29 is 31.8 Å². The van der Waals surface area contributed by atoms with Gasteiger partial charge in [0, 0.05) is 30.4 Å². The van der Waals surface area contributed by atoms with Crippen molar-refractivity contribution in [1.82, 2.24) is 4.98 Å². The van der Waals surface area contributed by atoms with Gasteiger partial charge in [0.15, 0.2) is 0 Å². The van der Waals surface area contributed by atoms with Crippen LogP contribution in [0.3, 0.4) is 0 Å². The zero-order chi connectivity index (χ0) is 22.5. The Labute approximate surface area is 179 Å². The van der Waals surface area contributed by atoms with Gasteiger partial charge in [0.2, 0.25) is 0 Å². The molecule has 1 aromatic carbocycles. The lowest BCUT2D eigenvalue weighted by Gasteiger charge is -2.20. The number of fused-ring (bicyclic) bond motifs is 3. The topological polar surface area (TPSA) is 72.8 Å². The van der Waals surface area contributed by atoms with Crippen molar-refractivity contribution in [2.24, 2.45) is 16.8 Å². The Morgan fingerprint density at radius 1 is 1.19 bits per heavy atom. The number of halogens is 4. The van der Waals surface area contributed by atoms with Crippen molar-refractivity contribution in [3.8, 4) is 5.75 Å². The van der Waals surface area contributed by atoms with Crippen LogP contribution in [-0.2, 0) is 10.9 Å². The van der Waals surface area contributed by atoms with E-state index in [1.54, 1.807) is 24.5 Å². The van der Waals surface area contributed by atoms with E-state index in [0.29, 0.717) is 30.0 Å². The highest BCUT2D eigenvalue weighted by Gasteiger charge is 2.61. The quantitative estimate of drug-likeness (QED) is 0.667. The summed E-state index contributed by atoms with van der Waals surface area (Å²) in [5, 5.41) is 2.25. The number of anilines is 1. The number of aromatic nitrogens is 1. The summed E-state index contributed by atoms with van der Waals surface area (Å²) in [4.78, 5) is 20.1. The van der Waals surface area contributed by atoms with E-state index in [4.69, 9.17) is 9.47 Å². The molecule has 0 spiro atoms. The third-order valence-corrected chi connectivity index (χ3v) is 5.42. The molecule has 1 aromatic heterocycles. The van der Waals surface area contributed by atoms with E-state index in [0.717, 1.165) is 17.6 Å². The van der Waals surface area contributed by atoms with Gasteiger partial charge >= 0.3 is 12.2 Å². The zero-order valence-corrected chi connectivity index (χ0v) is 16.3. The van der Waals surface area contributed by atoms with Gasteiger partial charge in [-0.25, -0.2) is 9.18 Å². The van der Waals surface area contributed by atoms with Crippen LogP contribution >= 0.6 is 0 Å². The lowest BCUT2D eigenvalue weighted by molar-refractivity contribution is -0.139. The number of nitrogens with zero attached hydrogens (tertiary/aromatic N) is 2. The van der Waals surface area contributed by atoms with E-state index in [-0.39, 0.29) is 23.6 Å². The van der Waals surface area contributed by atoms with Gasteiger partial charge in [0.25, 0.3) is 0 Å². The number of aliphatic imine (C=N–C) groups is 1. The molecule has 2 heterocycles. The third kappa shape index (κ3) is 3.83. The Kier molecular flexibility index (Phi) is 4.72. The molecule has 2 amide bonds. The number of alkyl halides is 3. The first-order valence-electron chi connectivity index (χ1n) is 9.71. The summed E-state index contributed by atoms with van der Waals surface area (Å²) in [5.74, 6) is 0.624. The van der Waals surface area contributed by atoms with Gasteiger partial charge < -0.3 is 14.8 Å². The van der Waals surface area contributed by atoms with Crippen LogP contribution in [0, 0.1) is 17.7 Å². The fourth-order valence-corrected chi connectivity index (χ4v) is 3.92. The Morgan fingerprint density at radius 2 is 1.97 bits per heavy atom. The number of carbonyl (C=O) groups excluding carboxylic acids is 1. The van der Waals surface area contributed by atoms with Crippen LogP contribution in [0.1, 0.15) is 12.0 Å². The van der Waals surface area contributed by atoms with Crippen molar-refractivity contribution in [1.29, 1.82) is 0 Å². The number of pyridine rings is 1. The summed E-state index contributed by atoms with van der Waals surface area (Å²) >= 11 is 0. The highest BCUT2D eigenvalue weighted by molar-refractivity contribution is 6.14. The predicted molar refractivity (Wildman–Crippen MR) is 105 cm³/mol. The number of allylic oxidation sites excluding steroid dienone is 4. The number of ether oxygens (including phenoxy) is 2. The SMILES string of the molecule is O=C(N=C1[C@H]2OC3=CC=C(Oc4ccncc4)CC3[C@@H]12)Nc1ccc(F)c(C(F)(F)F)c1. The number of carbonyl (C=O) groups is 1. The van der Waals surface area contributed by atoms with Crippen molar-refractivity contribution in [3.63, 3.8) is 0 Å². The second kappa shape index (κ2) is 7.47. The number of hydrogen-bond acceptors (Lipinski definition) is 4. The fourth-order valence-electron chi connectivity index (χ4n) is 3.92. The molecule has 0 bridgehead atoms. The molecular weight excluding hydrogens is 430 g/mol. The summed E-state index contributed by atoms with van der Waals surface area (Å²) in [7, 11) is 0. The van der Waals surface area contributed by atoms with E-state index >= 15 is 0 Å². The highest BCUT2D eigenvalue weighted by Crippen LogP contribution is 2.53. The van der Waals surface area contributed by atoms with Crippen LogP contribution in [0.5, 0.6) is 5.75 Å². The van der Waals surface area contributed by atoms with Gasteiger partial charge in [-0.3, -0.25) is 4.98 Å². The van der Waals surface area contributed by atoms with Crippen LogP contribution in [0.4, 0.5) is 28.0 Å². The van der Waals surface area contributed by atoms with E-state index in [1.165, 1.54) is 0 Å². The Morgan fingerprint density at radius 3 is 2.72 bits per heavy atom. The lowest BCUT2D eigenvalue weighted by Crippen LogP contribution is -2.15. The lowest BCUT2D eigenvalue weighted by atomic mass is 9.93. The maximum Gasteiger partial charge on any atom is 0.419 e. The number of amides is 2. The molecule has 2 aliphatic carbocycles. The van der Waals surface area contributed by atoms with Crippen LogP contribution in [-0.4, -0.2) is 22.8 Å². The number of rotatable bonds is 3. The first kappa shape index (κ1) is 20.2. The molecular formula is C22H15F4N3O3. The number of urea groups is 1. The number of nitrogens with one attached hydrogen (secondary N) is 1. The van der Waals surface area contributed by atoms with Gasteiger partial charge in [-0.2, -0.15) is 18.2 Å². The maximum absolute atomic E-state index is 13.4. The molecule has 5 rings (SSSR count). The summed E-state index contributed by atoms with van der Waals surface area (Å²) < 4.78 is 63.6. The number of hydrogen-bond donors (Lipinski definition) is 1. The normalized spacial score (nSPS) is 24.6. The number of benzene rings is 1.